The van der Waals surface area contributed by atoms with Gasteiger partial charge in [-0.1, -0.05) is 19.9 Å². The monoisotopic (exact) mass is 1010 g/mol. The van der Waals surface area contributed by atoms with Gasteiger partial charge in [0.2, 0.25) is 6.29 Å². The molecule has 8 fully saturated rings. The molecule has 402 valence electrons. The van der Waals surface area contributed by atoms with Crippen LogP contribution in [0.3, 0.4) is 0 Å². The molecule has 8 rings (SSSR count). The molecule has 8 aliphatic rings. The summed E-state index contributed by atoms with van der Waals surface area (Å²) in [4.78, 5) is 14.2. The average Bonchev–Trinajstić information content (AvgIpc) is 3.54. The van der Waals surface area contributed by atoms with Crippen LogP contribution >= 0.6 is 0 Å². The summed E-state index contributed by atoms with van der Waals surface area (Å²) in [6, 6.07) is 0. The first kappa shape index (κ1) is 54.6. The fourth-order valence-corrected chi connectivity index (χ4v) is 14.2. The summed E-state index contributed by atoms with van der Waals surface area (Å²) in [6.45, 7) is 4.99. The number of carbonyl (C=O) groups excluding carboxylic acids is 1. The van der Waals surface area contributed by atoms with Crippen molar-refractivity contribution in [3.63, 3.8) is 0 Å². The number of fused-ring (bicyclic) bond motifs is 3. The van der Waals surface area contributed by atoms with Crippen molar-refractivity contribution in [1.29, 1.82) is 0 Å². The fraction of sp³-hybridized carbons (Fsp3) is 0.936. The summed E-state index contributed by atoms with van der Waals surface area (Å²) in [5.41, 5.74) is -1.54. The SMILES string of the molecule is C=C1C[C@@]23CC[C@H]4[C@@](C)(CCC[C@@]4(C)C(=O)O[C@@H]4O[C@H](CO)[C@@H](O)[C@H](O)[C@H]4O)[C@@H]2CC[C@]1(OC[C@@H]1O[C@H](CO)[C@@H](O)[C@H](O)[C@H]1O[C@@H]1O[C@H](CO)[C@@H](COC[C@@H]2O[C@H](CO)[C@@H](O)[C@H](O)[C@H]2O)[C@H](O)[C@H]1O)C3. The van der Waals surface area contributed by atoms with Gasteiger partial charge in [-0.25, -0.2) is 0 Å². The van der Waals surface area contributed by atoms with E-state index >= 15 is 0 Å². The summed E-state index contributed by atoms with van der Waals surface area (Å²) < 4.78 is 47.5. The van der Waals surface area contributed by atoms with Gasteiger partial charge in [0.05, 0.1) is 69.5 Å². The molecule has 4 saturated heterocycles. The molecule has 0 aromatic rings. The number of rotatable bonds is 15. The van der Waals surface area contributed by atoms with Crippen molar-refractivity contribution in [1.82, 2.24) is 0 Å². The summed E-state index contributed by atoms with van der Waals surface area (Å²) in [6.07, 6.45) is -22.6. The summed E-state index contributed by atoms with van der Waals surface area (Å²) >= 11 is 0. The Morgan fingerprint density at radius 3 is 1.80 bits per heavy atom. The number of aliphatic hydroxyl groups excluding tert-OH is 14. The van der Waals surface area contributed by atoms with Gasteiger partial charge >= 0.3 is 5.97 Å². The number of hydrogen-bond acceptors (Lipinski definition) is 23. The topological polar surface area (TPSA) is 374 Å². The molecular formula is C47H76O23. The van der Waals surface area contributed by atoms with Gasteiger partial charge in [-0.2, -0.15) is 0 Å². The minimum absolute atomic E-state index is 0.124. The van der Waals surface area contributed by atoms with E-state index in [9.17, 15) is 76.3 Å². The van der Waals surface area contributed by atoms with Crippen molar-refractivity contribution in [3.05, 3.63) is 12.2 Å². The van der Waals surface area contributed by atoms with Gasteiger partial charge in [-0.3, -0.25) is 4.79 Å². The Bertz CT molecular complexity index is 1810. The molecule has 1 spiro atoms. The predicted molar refractivity (Wildman–Crippen MR) is 233 cm³/mol. The van der Waals surface area contributed by atoms with Crippen molar-refractivity contribution in [3.8, 4) is 0 Å². The number of carbonyl (C=O) groups is 1. The maximum absolute atomic E-state index is 14.2. The first-order chi connectivity index (χ1) is 33.1. The lowest BCUT2D eigenvalue weighted by molar-refractivity contribution is -0.342. The molecule has 2 bridgehead atoms. The Labute approximate surface area is 405 Å². The van der Waals surface area contributed by atoms with Crippen molar-refractivity contribution >= 4 is 5.97 Å². The Morgan fingerprint density at radius 1 is 0.586 bits per heavy atom. The zero-order chi connectivity index (χ0) is 50.8. The van der Waals surface area contributed by atoms with E-state index in [1.807, 2.05) is 6.92 Å². The van der Waals surface area contributed by atoms with E-state index in [0.29, 0.717) is 38.5 Å². The molecule has 4 aliphatic heterocycles. The highest BCUT2D eigenvalue weighted by Gasteiger charge is 2.69. The van der Waals surface area contributed by atoms with Gasteiger partial charge in [-0.05, 0) is 86.5 Å². The van der Waals surface area contributed by atoms with Crippen LogP contribution in [0.15, 0.2) is 12.2 Å². The highest BCUT2D eigenvalue weighted by molar-refractivity contribution is 5.77. The Kier molecular flexibility index (Phi) is 16.5. The molecule has 0 aromatic carbocycles. The number of aliphatic hydroxyl groups is 14. The third-order valence-electron chi connectivity index (χ3n) is 18.1. The molecule has 0 amide bonds. The second-order valence-electron chi connectivity index (χ2n) is 21.9. The highest BCUT2D eigenvalue weighted by Crippen LogP contribution is 2.73. The van der Waals surface area contributed by atoms with Gasteiger partial charge in [-0.15, -0.1) is 0 Å². The van der Waals surface area contributed by atoms with Gasteiger partial charge in [0.15, 0.2) is 6.29 Å². The first-order valence-electron chi connectivity index (χ1n) is 24.8. The maximum Gasteiger partial charge on any atom is 0.314 e. The summed E-state index contributed by atoms with van der Waals surface area (Å²) in [7, 11) is 0. The largest absolute Gasteiger partial charge is 0.432 e. The van der Waals surface area contributed by atoms with Crippen LogP contribution in [0.5, 0.6) is 0 Å². The van der Waals surface area contributed by atoms with E-state index in [4.69, 9.17) is 37.9 Å². The van der Waals surface area contributed by atoms with E-state index in [1.165, 1.54) is 0 Å². The van der Waals surface area contributed by atoms with Crippen LogP contribution in [0.4, 0.5) is 0 Å². The number of esters is 1. The minimum atomic E-state index is -1.80. The summed E-state index contributed by atoms with van der Waals surface area (Å²) in [5, 5.41) is 147. The van der Waals surface area contributed by atoms with Crippen LogP contribution in [0.25, 0.3) is 0 Å². The zero-order valence-electron chi connectivity index (χ0n) is 39.7. The number of hydrogen-bond donors (Lipinski definition) is 14. The second-order valence-corrected chi connectivity index (χ2v) is 21.9. The van der Waals surface area contributed by atoms with Crippen molar-refractivity contribution in [2.75, 3.05) is 46.2 Å². The van der Waals surface area contributed by atoms with Gasteiger partial charge < -0.3 is 109 Å². The van der Waals surface area contributed by atoms with Crippen LogP contribution in [-0.2, 0) is 42.7 Å². The van der Waals surface area contributed by atoms with E-state index in [1.54, 1.807) is 0 Å². The fourth-order valence-electron chi connectivity index (χ4n) is 14.2. The molecule has 0 radical (unpaired) electrons. The molecule has 4 saturated carbocycles. The van der Waals surface area contributed by atoms with E-state index < -0.39 is 166 Å². The normalized spacial score (nSPS) is 52.7. The zero-order valence-corrected chi connectivity index (χ0v) is 39.7. The molecule has 14 N–H and O–H groups in total. The molecule has 26 atom stereocenters. The average molecular weight is 1010 g/mol. The van der Waals surface area contributed by atoms with E-state index in [0.717, 1.165) is 24.8 Å². The van der Waals surface area contributed by atoms with Gasteiger partial charge in [0.25, 0.3) is 0 Å². The van der Waals surface area contributed by atoms with Crippen molar-refractivity contribution < 1.29 is 114 Å². The molecule has 0 aromatic heterocycles. The van der Waals surface area contributed by atoms with Crippen LogP contribution < -0.4 is 0 Å². The van der Waals surface area contributed by atoms with E-state index in [2.05, 4.69) is 13.5 Å². The smallest absolute Gasteiger partial charge is 0.314 e. The molecule has 4 heterocycles. The van der Waals surface area contributed by atoms with Crippen molar-refractivity contribution in [2.24, 2.45) is 34.0 Å². The Morgan fingerprint density at radius 2 is 1.14 bits per heavy atom. The molecule has 23 heteroatoms. The quantitative estimate of drug-likeness (QED) is 0.0541. The van der Waals surface area contributed by atoms with Crippen LogP contribution in [0.2, 0.25) is 0 Å². The molecular weight excluding hydrogens is 932 g/mol. The van der Waals surface area contributed by atoms with E-state index in [-0.39, 0.29) is 42.5 Å². The van der Waals surface area contributed by atoms with Crippen LogP contribution in [-0.4, -0.2) is 246 Å². The molecule has 23 nitrogen and oxygen atoms in total. The Hall–Kier alpha value is -1.63. The lowest BCUT2D eigenvalue weighted by Crippen LogP contribution is -2.64. The van der Waals surface area contributed by atoms with Gasteiger partial charge in [0, 0.05) is 5.92 Å². The summed E-state index contributed by atoms with van der Waals surface area (Å²) in [5.74, 6) is -1.65. The van der Waals surface area contributed by atoms with Gasteiger partial charge in [0.1, 0.15) is 91.6 Å². The lowest BCUT2D eigenvalue weighted by atomic mass is 9.41. The minimum Gasteiger partial charge on any atom is -0.432 e. The third kappa shape index (κ3) is 9.44. The molecule has 70 heavy (non-hydrogen) atoms. The number of ether oxygens (including phenoxy) is 8. The van der Waals surface area contributed by atoms with Crippen LogP contribution in [0, 0.1) is 34.0 Å². The lowest BCUT2D eigenvalue weighted by Gasteiger charge is -2.64. The molecule has 0 unspecified atom stereocenters. The Balaban J connectivity index is 0.923. The standard InChI is InChI=1S/C47H76O23/c1-20-11-46-9-5-28-44(2,7-4-8-45(28,3)43(62)70-42-39(61)36(58)32(54)25(15-51)68-42)29(46)6-10-47(20,19-46)64-18-27-40(37(59)33(55)24(14-50)66-27)69-41-38(60)30(52)21(22(12-48)67-41)16-63-17-26-34(56)35(57)31(53)23(13-49)65-26/h21-42,48-61H,1,4-19H2,2-3H3/t21-,22-,23-,24-,25-,26+,27+,28+,29+,30+,31-,32-,33-,34+,35+,36+,37+,38-,39-,40+,41+,42+,44-,45-,46-,47+/m1/s1. The second kappa shape index (κ2) is 21.2. The maximum atomic E-state index is 14.2. The van der Waals surface area contributed by atoms with Crippen LogP contribution in [0.1, 0.15) is 71.6 Å². The highest BCUT2D eigenvalue weighted by atomic mass is 16.7. The molecule has 4 aliphatic carbocycles. The van der Waals surface area contributed by atoms with Crippen molar-refractivity contribution in [2.45, 2.75) is 194 Å². The third-order valence-corrected chi connectivity index (χ3v) is 18.1. The predicted octanol–water partition coefficient (Wildman–Crippen LogP) is -4.78. The first-order valence-corrected chi connectivity index (χ1v) is 24.8.